The van der Waals surface area contributed by atoms with Crippen LogP contribution >= 0.6 is 11.3 Å². The summed E-state index contributed by atoms with van der Waals surface area (Å²) in [6.45, 7) is 7.25. The molecule has 1 amide bonds. The minimum absolute atomic E-state index is 0.249. The largest absolute Gasteiger partial charge is 0.456 e. The van der Waals surface area contributed by atoms with Crippen LogP contribution in [0.15, 0.2) is 21.9 Å². The van der Waals surface area contributed by atoms with Crippen molar-refractivity contribution in [3.05, 3.63) is 34.7 Å². The monoisotopic (exact) mass is 319 g/mol. The molecule has 3 rings (SSSR count). The number of hydrogen-bond donors (Lipinski definition) is 1. The first-order valence-corrected chi connectivity index (χ1v) is 8.52. The van der Waals surface area contributed by atoms with E-state index in [1.807, 2.05) is 12.3 Å². The van der Waals surface area contributed by atoms with Crippen molar-refractivity contribution in [2.24, 2.45) is 5.92 Å². The Bertz CT molecular complexity index is 641. The number of aromatic nitrogens is 1. The van der Waals surface area contributed by atoms with E-state index < -0.39 is 0 Å². The van der Waals surface area contributed by atoms with Crippen LogP contribution in [0.25, 0.3) is 0 Å². The average Bonchev–Trinajstić information content (AvgIpc) is 3.11. The summed E-state index contributed by atoms with van der Waals surface area (Å²) < 4.78 is 5.31. The van der Waals surface area contributed by atoms with E-state index in [9.17, 15) is 4.79 Å². The molecule has 3 heterocycles. The van der Waals surface area contributed by atoms with Gasteiger partial charge < -0.3 is 4.42 Å². The molecule has 6 heteroatoms. The molecular formula is C16H21N3O2S. The zero-order chi connectivity index (χ0) is 15.5. The van der Waals surface area contributed by atoms with E-state index in [-0.39, 0.29) is 5.91 Å². The molecule has 5 nitrogen and oxygen atoms in total. The van der Waals surface area contributed by atoms with Crippen LogP contribution in [0.1, 0.15) is 41.8 Å². The van der Waals surface area contributed by atoms with E-state index in [1.54, 1.807) is 12.1 Å². The van der Waals surface area contributed by atoms with Gasteiger partial charge in [-0.05, 0) is 50.9 Å². The molecule has 0 saturated carbocycles. The number of nitrogens with one attached hydrogen (secondary N) is 1. The fourth-order valence-electron chi connectivity index (χ4n) is 2.60. The van der Waals surface area contributed by atoms with Crippen LogP contribution in [0.5, 0.6) is 0 Å². The lowest BCUT2D eigenvalue weighted by Crippen LogP contribution is -2.32. The SMILES string of the molecule is Cc1ccc(C(=O)Nc2nc(CN3CCC(C)CC3)cs2)o1. The number of carbonyl (C=O) groups is 1. The quantitative estimate of drug-likeness (QED) is 0.936. The summed E-state index contributed by atoms with van der Waals surface area (Å²) in [6, 6.07) is 3.45. The number of nitrogens with zero attached hydrogens (tertiary/aromatic N) is 2. The Morgan fingerprint density at radius 2 is 2.23 bits per heavy atom. The maximum absolute atomic E-state index is 12.0. The van der Waals surface area contributed by atoms with Gasteiger partial charge >= 0.3 is 0 Å². The molecule has 0 atom stereocenters. The average molecular weight is 319 g/mol. The van der Waals surface area contributed by atoms with E-state index in [1.165, 1.54) is 24.2 Å². The molecule has 22 heavy (non-hydrogen) atoms. The minimum atomic E-state index is -0.249. The number of piperidine rings is 1. The van der Waals surface area contributed by atoms with Gasteiger partial charge in [0.25, 0.3) is 5.91 Å². The standard InChI is InChI=1S/C16H21N3O2S/c1-11-5-7-19(8-6-11)9-13-10-22-16(17-13)18-15(20)14-4-3-12(2)21-14/h3-4,10-11H,5-9H2,1-2H3,(H,17,18,20). The summed E-state index contributed by atoms with van der Waals surface area (Å²) in [4.78, 5) is 18.9. The van der Waals surface area contributed by atoms with Crippen LogP contribution in [0.2, 0.25) is 0 Å². The van der Waals surface area contributed by atoms with Crippen molar-refractivity contribution in [3.8, 4) is 0 Å². The van der Waals surface area contributed by atoms with E-state index in [2.05, 4.69) is 22.1 Å². The molecule has 0 radical (unpaired) electrons. The summed E-state index contributed by atoms with van der Waals surface area (Å²) in [5, 5.41) is 5.43. The van der Waals surface area contributed by atoms with E-state index in [0.29, 0.717) is 10.9 Å². The van der Waals surface area contributed by atoms with Crippen LogP contribution in [0, 0.1) is 12.8 Å². The van der Waals surface area contributed by atoms with Crippen molar-refractivity contribution >= 4 is 22.4 Å². The normalized spacial score (nSPS) is 16.8. The molecule has 0 aliphatic carbocycles. The molecule has 1 aliphatic rings. The second kappa shape index (κ2) is 6.62. The molecular weight excluding hydrogens is 298 g/mol. The van der Waals surface area contributed by atoms with Crippen molar-refractivity contribution < 1.29 is 9.21 Å². The molecule has 0 aromatic carbocycles. The van der Waals surface area contributed by atoms with Gasteiger partial charge in [0.2, 0.25) is 0 Å². The summed E-state index contributed by atoms with van der Waals surface area (Å²) in [7, 11) is 0. The Labute approximate surface area is 134 Å². The third-order valence-electron chi connectivity index (χ3n) is 4.00. The lowest BCUT2D eigenvalue weighted by atomic mass is 9.99. The zero-order valence-electron chi connectivity index (χ0n) is 13.0. The minimum Gasteiger partial charge on any atom is -0.456 e. The fraction of sp³-hybridized carbons (Fsp3) is 0.500. The van der Waals surface area contributed by atoms with Crippen molar-refractivity contribution in [2.75, 3.05) is 18.4 Å². The molecule has 1 N–H and O–H groups in total. The van der Waals surface area contributed by atoms with Gasteiger partial charge in [-0.15, -0.1) is 11.3 Å². The number of amides is 1. The van der Waals surface area contributed by atoms with Crippen molar-refractivity contribution in [1.29, 1.82) is 0 Å². The first kappa shape index (κ1) is 15.2. The maximum Gasteiger partial charge on any atom is 0.293 e. The van der Waals surface area contributed by atoms with Gasteiger partial charge in [0.15, 0.2) is 10.9 Å². The predicted octanol–water partition coefficient (Wildman–Crippen LogP) is 3.53. The van der Waals surface area contributed by atoms with Crippen LogP contribution in [-0.2, 0) is 6.54 Å². The third kappa shape index (κ3) is 3.75. The highest BCUT2D eigenvalue weighted by atomic mass is 32.1. The van der Waals surface area contributed by atoms with Gasteiger partial charge in [-0.25, -0.2) is 4.98 Å². The van der Waals surface area contributed by atoms with Gasteiger partial charge in [-0.2, -0.15) is 0 Å². The molecule has 1 saturated heterocycles. The first-order chi connectivity index (χ1) is 10.6. The molecule has 1 fully saturated rings. The Morgan fingerprint density at radius 1 is 1.45 bits per heavy atom. The van der Waals surface area contributed by atoms with E-state index >= 15 is 0 Å². The Balaban J connectivity index is 1.56. The smallest absolute Gasteiger partial charge is 0.293 e. The van der Waals surface area contributed by atoms with Gasteiger partial charge in [0.05, 0.1) is 5.69 Å². The van der Waals surface area contributed by atoms with Crippen molar-refractivity contribution in [1.82, 2.24) is 9.88 Å². The highest BCUT2D eigenvalue weighted by molar-refractivity contribution is 7.13. The third-order valence-corrected chi connectivity index (χ3v) is 4.80. The van der Waals surface area contributed by atoms with E-state index in [0.717, 1.165) is 37.0 Å². The number of thiazole rings is 1. The Kier molecular flexibility index (Phi) is 4.59. The lowest BCUT2D eigenvalue weighted by Gasteiger charge is -2.29. The molecule has 2 aromatic heterocycles. The first-order valence-electron chi connectivity index (χ1n) is 7.64. The second-order valence-electron chi connectivity index (χ2n) is 5.97. The van der Waals surface area contributed by atoms with Gasteiger partial charge in [-0.3, -0.25) is 15.0 Å². The second-order valence-corrected chi connectivity index (χ2v) is 6.83. The summed E-state index contributed by atoms with van der Waals surface area (Å²) in [5.74, 6) is 1.63. The van der Waals surface area contributed by atoms with Crippen molar-refractivity contribution in [2.45, 2.75) is 33.2 Å². The van der Waals surface area contributed by atoms with Crippen LogP contribution in [0.4, 0.5) is 5.13 Å². The highest BCUT2D eigenvalue weighted by Crippen LogP contribution is 2.21. The van der Waals surface area contributed by atoms with Crippen LogP contribution in [0.3, 0.4) is 0 Å². The topological polar surface area (TPSA) is 58.4 Å². The molecule has 1 aliphatic heterocycles. The number of likely N-dealkylation sites (tertiary alicyclic amines) is 1. The number of furan rings is 1. The maximum atomic E-state index is 12.0. The Morgan fingerprint density at radius 3 is 2.91 bits per heavy atom. The molecule has 0 bridgehead atoms. The van der Waals surface area contributed by atoms with Gasteiger partial charge in [-0.1, -0.05) is 6.92 Å². The number of rotatable bonds is 4. The van der Waals surface area contributed by atoms with Crippen LogP contribution < -0.4 is 5.32 Å². The summed E-state index contributed by atoms with van der Waals surface area (Å²) in [6.07, 6.45) is 2.51. The number of carbonyl (C=O) groups excluding carboxylic acids is 1. The van der Waals surface area contributed by atoms with Gasteiger partial charge in [0, 0.05) is 11.9 Å². The number of anilines is 1. The number of aryl methyl sites for hydroxylation is 1. The predicted molar refractivity (Wildman–Crippen MR) is 87.2 cm³/mol. The lowest BCUT2D eigenvalue weighted by molar-refractivity contribution is 0.0995. The summed E-state index contributed by atoms with van der Waals surface area (Å²) >= 11 is 1.46. The zero-order valence-corrected chi connectivity index (χ0v) is 13.8. The molecule has 0 spiro atoms. The Hall–Kier alpha value is -1.66. The highest BCUT2D eigenvalue weighted by Gasteiger charge is 2.17. The fourth-order valence-corrected chi connectivity index (χ4v) is 3.30. The van der Waals surface area contributed by atoms with Crippen LogP contribution in [-0.4, -0.2) is 28.9 Å². The summed E-state index contributed by atoms with van der Waals surface area (Å²) in [5.41, 5.74) is 1.02. The van der Waals surface area contributed by atoms with Crippen molar-refractivity contribution in [3.63, 3.8) is 0 Å². The van der Waals surface area contributed by atoms with E-state index in [4.69, 9.17) is 4.42 Å². The molecule has 2 aromatic rings. The van der Waals surface area contributed by atoms with Gasteiger partial charge in [0.1, 0.15) is 5.76 Å². The molecule has 0 unspecified atom stereocenters. The molecule has 118 valence electrons. The number of hydrogen-bond acceptors (Lipinski definition) is 5.